The molecular formula is C26H25N5O4. The lowest BCUT2D eigenvalue weighted by molar-refractivity contribution is 0.101. The SMILES string of the molecule is CCCc1c(OCc2cccc(C(=O)Nc3cccc(-c4nn[nH]n4)c3)c2)ccc(C(C)=O)c1O. The van der Waals surface area contributed by atoms with Crippen molar-refractivity contribution in [3.8, 4) is 22.9 Å². The average molecular weight is 472 g/mol. The highest BCUT2D eigenvalue weighted by atomic mass is 16.5. The van der Waals surface area contributed by atoms with E-state index in [0.29, 0.717) is 34.8 Å². The van der Waals surface area contributed by atoms with Crippen LogP contribution in [0, 0.1) is 0 Å². The largest absolute Gasteiger partial charge is 0.507 e. The van der Waals surface area contributed by atoms with Gasteiger partial charge >= 0.3 is 0 Å². The number of aromatic nitrogens is 4. The van der Waals surface area contributed by atoms with Crippen molar-refractivity contribution >= 4 is 17.4 Å². The van der Waals surface area contributed by atoms with Gasteiger partial charge in [0.05, 0.1) is 5.56 Å². The molecule has 35 heavy (non-hydrogen) atoms. The minimum absolute atomic E-state index is 0.0342. The summed E-state index contributed by atoms with van der Waals surface area (Å²) in [5.74, 6) is 0.445. The zero-order valence-electron chi connectivity index (χ0n) is 19.4. The minimum Gasteiger partial charge on any atom is -0.507 e. The molecule has 0 atom stereocenters. The quantitative estimate of drug-likeness (QED) is 0.305. The van der Waals surface area contributed by atoms with Gasteiger partial charge < -0.3 is 15.2 Å². The van der Waals surface area contributed by atoms with Gasteiger partial charge in [0, 0.05) is 22.4 Å². The maximum absolute atomic E-state index is 12.9. The molecule has 9 nitrogen and oxygen atoms in total. The van der Waals surface area contributed by atoms with Crippen LogP contribution in [-0.4, -0.2) is 37.4 Å². The van der Waals surface area contributed by atoms with E-state index in [-0.39, 0.29) is 29.6 Å². The number of phenols is 1. The number of carbonyl (C=O) groups excluding carboxylic acids is 2. The van der Waals surface area contributed by atoms with Crippen LogP contribution < -0.4 is 10.1 Å². The molecule has 4 aromatic rings. The van der Waals surface area contributed by atoms with Crippen molar-refractivity contribution in [2.45, 2.75) is 33.3 Å². The molecule has 0 aliphatic heterocycles. The molecule has 0 unspecified atom stereocenters. The minimum atomic E-state index is -0.271. The van der Waals surface area contributed by atoms with Crippen LogP contribution in [0.5, 0.6) is 11.5 Å². The summed E-state index contributed by atoms with van der Waals surface area (Å²) >= 11 is 0. The number of aromatic hydroxyl groups is 1. The fraction of sp³-hybridized carbons (Fsp3) is 0.192. The van der Waals surface area contributed by atoms with E-state index in [2.05, 4.69) is 25.9 Å². The molecule has 3 aromatic carbocycles. The summed E-state index contributed by atoms with van der Waals surface area (Å²) in [4.78, 5) is 24.6. The van der Waals surface area contributed by atoms with Gasteiger partial charge in [-0.05, 0) is 60.5 Å². The highest BCUT2D eigenvalue weighted by Gasteiger charge is 2.16. The normalized spacial score (nSPS) is 10.7. The second-order valence-electron chi connectivity index (χ2n) is 8.00. The number of nitrogens with one attached hydrogen (secondary N) is 2. The van der Waals surface area contributed by atoms with E-state index in [1.807, 2.05) is 19.1 Å². The van der Waals surface area contributed by atoms with Crippen LogP contribution in [0.25, 0.3) is 11.4 Å². The van der Waals surface area contributed by atoms with Crippen LogP contribution >= 0.6 is 0 Å². The van der Waals surface area contributed by atoms with Crippen LogP contribution in [-0.2, 0) is 13.0 Å². The molecule has 4 rings (SSSR count). The van der Waals surface area contributed by atoms with Gasteiger partial charge in [-0.2, -0.15) is 5.21 Å². The number of nitrogens with zero attached hydrogens (tertiary/aromatic N) is 3. The number of ketones is 1. The first-order valence-electron chi connectivity index (χ1n) is 11.2. The molecule has 0 saturated carbocycles. The number of ether oxygens (including phenoxy) is 1. The van der Waals surface area contributed by atoms with E-state index >= 15 is 0 Å². The van der Waals surface area contributed by atoms with Gasteiger partial charge in [-0.15, -0.1) is 10.2 Å². The van der Waals surface area contributed by atoms with Gasteiger partial charge in [0.15, 0.2) is 5.78 Å². The smallest absolute Gasteiger partial charge is 0.255 e. The third kappa shape index (κ3) is 5.52. The van der Waals surface area contributed by atoms with Gasteiger partial charge in [-0.25, -0.2) is 0 Å². The first-order chi connectivity index (χ1) is 17.0. The topological polar surface area (TPSA) is 130 Å². The molecule has 0 aliphatic carbocycles. The number of tetrazole rings is 1. The monoisotopic (exact) mass is 471 g/mol. The highest BCUT2D eigenvalue weighted by molar-refractivity contribution is 6.04. The predicted molar refractivity (Wildman–Crippen MR) is 130 cm³/mol. The molecule has 0 fully saturated rings. The molecule has 0 aliphatic rings. The fourth-order valence-corrected chi connectivity index (χ4v) is 3.72. The van der Waals surface area contributed by atoms with Crippen molar-refractivity contribution in [3.05, 3.63) is 82.9 Å². The van der Waals surface area contributed by atoms with Gasteiger partial charge in [-0.1, -0.05) is 37.6 Å². The highest BCUT2D eigenvalue weighted by Crippen LogP contribution is 2.33. The van der Waals surface area contributed by atoms with E-state index in [0.717, 1.165) is 17.5 Å². The lowest BCUT2D eigenvalue weighted by Crippen LogP contribution is -2.12. The Hall–Kier alpha value is -4.53. The number of H-pyrrole nitrogens is 1. The molecule has 0 radical (unpaired) electrons. The van der Waals surface area contributed by atoms with Crippen molar-refractivity contribution in [3.63, 3.8) is 0 Å². The van der Waals surface area contributed by atoms with Gasteiger partial charge in [0.25, 0.3) is 5.91 Å². The van der Waals surface area contributed by atoms with Crippen LogP contribution in [0.4, 0.5) is 5.69 Å². The lowest BCUT2D eigenvalue weighted by Gasteiger charge is -2.15. The van der Waals surface area contributed by atoms with Crippen molar-refractivity contribution in [2.75, 3.05) is 5.32 Å². The number of phenolic OH excluding ortho intramolecular Hbond substituents is 1. The standard InChI is InChI=1S/C26H25N5O4/c1-3-6-22-23(12-11-21(16(2)32)24(22)33)35-15-17-7-4-9-19(13-17)26(34)27-20-10-5-8-18(14-20)25-28-30-31-29-25/h4-5,7-14,33H,3,6,15H2,1-2H3,(H,27,34)(H,28,29,30,31). The Bertz CT molecular complexity index is 1350. The van der Waals surface area contributed by atoms with Crippen LogP contribution in [0.3, 0.4) is 0 Å². The summed E-state index contributed by atoms with van der Waals surface area (Å²) in [5, 5.41) is 27.3. The molecule has 9 heteroatoms. The Morgan fingerprint density at radius 2 is 1.91 bits per heavy atom. The summed E-state index contributed by atoms with van der Waals surface area (Å²) in [7, 11) is 0. The second kappa shape index (κ2) is 10.6. The first kappa shape index (κ1) is 23.6. The number of carbonyl (C=O) groups is 2. The Morgan fingerprint density at radius 1 is 1.09 bits per heavy atom. The third-order valence-corrected chi connectivity index (χ3v) is 5.43. The number of anilines is 1. The number of hydrogen-bond acceptors (Lipinski definition) is 7. The Balaban J connectivity index is 1.47. The number of Topliss-reactive ketones (excluding diaryl/α,β-unsaturated/α-hetero) is 1. The second-order valence-corrected chi connectivity index (χ2v) is 8.00. The van der Waals surface area contributed by atoms with Crippen molar-refractivity contribution < 1.29 is 19.4 Å². The Labute approximate surface area is 202 Å². The van der Waals surface area contributed by atoms with Gasteiger partial charge in [0.2, 0.25) is 5.82 Å². The zero-order chi connectivity index (χ0) is 24.8. The average Bonchev–Trinajstić information content (AvgIpc) is 3.40. The summed E-state index contributed by atoms with van der Waals surface area (Å²) in [6.45, 7) is 3.61. The summed E-state index contributed by atoms with van der Waals surface area (Å²) in [6, 6.07) is 17.6. The molecule has 0 spiro atoms. The van der Waals surface area contributed by atoms with E-state index in [1.54, 1.807) is 48.5 Å². The van der Waals surface area contributed by atoms with E-state index in [9.17, 15) is 14.7 Å². The summed E-state index contributed by atoms with van der Waals surface area (Å²) in [6.07, 6.45) is 1.36. The van der Waals surface area contributed by atoms with E-state index in [4.69, 9.17) is 4.74 Å². The van der Waals surface area contributed by atoms with E-state index in [1.165, 1.54) is 6.92 Å². The van der Waals surface area contributed by atoms with Gasteiger partial charge in [0.1, 0.15) is 18.1 Å². The molecule has 1 aromatic heterocycles. The number of amides is 1. The predicted octanol–water partition coefficient (Wildman–Crippen LogP) is 4.56. The van der Waals surface area contributed by atoms with Crippen LogP contribution in [0.2, 0.25) is 0 Å². The number of benzene rings is 3. The van der Waals surface area contributed by atoms with Crippen LogP contribution in [0.15, 0.2) is 60.7 Å². The molecule has 1 heterocycles. The molecule has 1 amide bonds. The molecular weight excluding hydrogens is 446 g/mol. The maximum Gasteiger partial charge on any atom is 0.255 e. The molecule has 0 bridgehead atoms. The molecule has 3 N–H and O–H groups in total. The molecule has 178 valence electrons. The van der Waals surface area contributed by atoms with Gasteiger partial charge in [-0.3, -0.25) is 9.59 Å². The third-order valence-electron chi connectivity index (χ3n) is 5.43. The number of hydrogen-bond donors (Lipinski definition) is 3. The van der Waals surface area contributed by atoms with Crippen molar-refractivity contribution in [1.29, 1.82) is 0 Å². The van der Waals surface area contributed by atoms with Crippen molar-refractivity contribution in [1.82, 2.24) is 20.6 Å². The lowest BCUT2D eigenvalue weighted by atomic mass is 10.0. The fourth-order valence-electron chi connectivity index (χ4n) is 3.72. The van der Waals surface area contributed by atoms with Crippen molar-refractivity contribution in [2.24, 2.45) is 0 Å². The maximum atomic E-state index is 12.9. The van der Waals surface area contributed by atoms with E-state index < -0.39 is 0 Å². The first-order valence-corrected chi connectivity index (χ1v) is 11.2. The zero-order valence-corrected chi connectivity index (χ0v) is 19.4. The Morgan fingerprint density at radius 3 is 2.66 bits per heavy atom. The van der Waals surface area contributed by atoms with Crippen LogP contribution in [0.1, 0.15) is 52.1 Å². The number of aromatic amines is 1. The summed E-state index contributed by atoms with van der Waals surface area (Å²) < 4.78 is 5.98. The Kier molecular flexibility index (Phi) is 7.15. The number of rotatable bonds is 9. The summed E-state index contributed by atoms with van der Waals surface area (Å²) in [5.41, 5.74) is 3.47. The molecule has 0 saturated heterocycles.